The molecule has 0 atom stereocenters. The maximum atomic E-state index is 12.3. The quantitative estimate of drug-likeness (QED) is 0.652. The van der Waals surface area contributed by atoms with Gasteiger partial charge in [0.05, 0.1) is 11.4 Å². The van der Waals surface area contributed by atoms with E-state index >= 15 is 0 Å². The van der Waals surface area contributed by atoms with E-state index in [2.05, 4.69) is 18.8 Å². The Kier molecular flexibility index (Phi) is 6.75. The van der Waals surface area contributed by atoms with Crippen LogP contribution in [0.4, 0.5) is 0 Å². The molecule has 1 aromatic heterocycles. The van der Waals surface area contributed by atoms with Gasteiger partial charge in [-0.05, 0) is 38.3 Å². The largest absolute Gasteiger partial charge is 0.441 e. The molecule has 2 aromatic rings. The number of sulfone groups is 1. The van der Waals surface area contributed by atoms with Crippen molar-refractivity contribution in [3.05, 3.63) is 41.3 Å². The molecule has 1 heterocycles. The number of ketones is 1. The van der Waals surface area contributed by atoms with Crippen molar-refractivity contribution >= 4 is 15.6 Å². The van der Waals surface area contributed by atoms with Gasteiger partial charge in [0.1, 0.15) is 17.3 Å². The van der Waals surface area contributed by atoms with Crippen molar-refractivity contribution in [1.29, 1.82) is 0 Å². The van der Waals surface area contributed by atoms with Gasteiger partial charge in [-0.25, -0.2) is 13.4 Å². The third-order valence-corrected chi connectivity index (χ3v) is 5.64. The molecule has 5 nitrogen and oxygen atoms in total. The molecule has 0 aliphatic carbocycles. The smallest absolute Gasteiger partial charge is 0.226 e. The van der Waals surface area contributed by atoms with Gasteiger partial charge in [0.15, 0.2) is 9.84 Å². The molecule has 26 heavy (non-hydrogen) atoms. The van der Waals surface area contributed by atoms with Crippen LogP contribution in [0.15, 0.2) is 28.7 Å². The Morgan fingerprint density at radius 3 is 2.42 bits per heavy atom. The lowest BCUT2D eigenvalue weighted by molar-refractivity contribution is -0.116. The number of hydrogen-bond acceptors (Lipinski definition) is 5. The van der Waals surface area contributed by atoms with E-state index in [1.807, 2.05) is 31.2 Å². The number of benzene rings is 1. The van der Waals surface area contributed by atoms with Crippen molar-refractivity contribution in [2.24, 2.45) is 5.92 Å². The van der Waals surface area contributed by atoms with Gasteiger partial charge in [0.25, 0.3) is 0 Å². The van der Waals surface area contributed by atoms with Crippen molar-refractivity contribution in [3.63, 3.8) is 0 Å². The number of aromatic nitrogens is 1. The third-order valence-electron chi connectivity index (χ3n) is 4.17. The van der Waals surface area contributed by atoms with Gasteiger partial charge >= 0.3 is 0 Å². The van der Waals surface area contributed by atoms with Crippen molar-refractivity contribution in [2.45, 2.75) is 52.7 Å². The van der Waals surface area contributed by atoms with Crippen molar-refractivity contribution < 1.29 is 17.6 Å². The maximum absolute atomic E-state index is 12.3. The van der Waals surface area contributed by atoms with E-state index in [0.29, 0.717) is 29.7 Å². The Balaban J connectivity index is 2.03. The van der Waals surface area contributed by atoms with Crippen LogP contribution in [0.5, 0.6) is 0 Å². The first-order chi connectivity index (χ1) is 12.2. The predicted molar refractivity (Wildman–Crippen MR) is 103 cm³/mol. The van der Waals surface area contributed by atoms with Gasteiger partial charge < -0.3 is 4.42 Å². The molecule has 0 aliphatic rings. The van der Waals surface area contributed by atoms with E-state index in [1.165, 1.54) is 0 Å². The topological polar surface area (TPSA) is 77.2 Å². The number of oxazole rings is 1. The number of carbonyl (C=O) groups excluding carboxylic acids is 1. The third kappa shape index (κ3) is 6.09. The molecule has 0 N–H and O–H groups in total. The molecule has 0 bridgehead atoms. The maximum Gasteiger partial charge on any atom is 0.226 e. The molecule has 0 saturated carbocycles. The lowest BCUT2D eigenvalue weighted by Crippen LogP contribution is -2.18. The minimum atomic E-state index is -3.55. The van der Waals surface area contributed by atoms with E-state index in [1.54, 1.807) is 6.92 Å². The van der Waals surface area contributed by atoms with E-state index in [0.717, 1.165) is 24.0 Å². The molecule has 0 saturated heterocycles. The summed E-state index contributed by atoms with van der Waals surface area (Å²) in [5.41, 5.74) is 2.29. The minimum Gasteiger partial charge on any atom is -0.441 e. The van der Waals surface area contributed by atoms with Gasteiger partial charge in [0.2, 0.25) is 5.89 Å². The van der Waals surface area contributed by atoms with Gasteiger partial charge in [-0.2, -0.15) is 0 Å². The summed E-state index contributed by atoms with van der Waals surface area (Å²) in [7, 11) is -3.55. The SMILES string of the molecule is Cc1ccc(-c2nc(CS(=O)(=O)CC(=O)CCCC(C)C)c(C)o2)cc1. The summed E-state index contributed by atoms with van der Waals surface area (Å²) in [6.45, 7) is 7.85. The van der Waals surface area contributed by atoms with Crippen LogP contribution >= 0.6 is 0 Å². The molecule has 0 unspecified atom stereocenters. The Morgan fingerprint density at radius 1 is 1.15 bits per heavy atom. The summed E-state index contributed by atoms with van der Waals surface area (Å²) in [6.07, 6.45) is 1.96. The highest BCUT2D eigenvalue weighted by Gasteiger charge is 2.22. The zero-order valence-electron chi connectivity index (χ0n) is 15.9. The fourth-order valence-electron chi connectivity index (χ4n) is 2.67. The average Bonchev–Trinajstić information content (AvgIpc) is 2.87. The van der Waals surface area contributed by atoms with Gasteiger partial charge in [-0.3, -0.25) is 4.79 Å². The zero-order valence-corrected chi connectivity index (χ0v) is 16.7. The Bertz CT molecular complexity index is 848. The van der Waals surface area contributed by atoms with Gasteiger partial charge in [-0.1, -0.05) is 38.0 Å². The Labute approximate surface area is 155 Å². The first-order valence-electron chi connectivity index (χ1n) is 8.92. The molecule has 0 spiro atoms. The van der Waals surface area contributed by atoms with Crippen LogP contribution in [0.1, 0.15) is 50.1 Å². The summed E-state index contributed by atoms with van der Waals surface area (Å²) in [5.74, 6) is 0.441. The van der Waals surface area contributed by atoms with Crippen LogP contribution in [-0.4, -0.2) is 24.9 Å². The van der Waals surface area contributed by atoms with E-state index < -0.39 is 15.6 Å². The van der Waals surface area contributed by atoms with Gasteiger partial charge in [0, 0.05) is 12.0 Å². The molecular weight excluding hydrogens is 350 g/mol. The number of aryl methyl sites for hydroxylation is 2. The molecule has 142 valence electrons. The standard InChI is InChI=1S/C20H27NO4S/c1-14(2)6-5-7-18(22)12-26(23,24)13-19-16(4)25-20(21-19)17-10-8-15(3)9-11-17/h8-11,14H,5-7,12-13H2,1-4H3. The highest BCUT2D eigenvalue weighted by Crippen LogP contribution is 2.23. The van der Waals surface area contributed by atoms with Crippen molar-refractivity contribution in [3.8, 4) is 11.5 Å². The minimum absolute atomic E-state index is 0.231. The van der Waals surface area contributed by atoms with Crippen LogP contribution in [0.3, 0.4) is 0 Å². The second-order valence-electron chi connectivity index (χ2n) is 7.24. The summed E-state index contributed by atoms with van der Waals surface area (Å²) >= 11 is 0. The second-order valence-corrected chi connectivity index (χ2v) is 9.31. The molecule has 0 amide bonds. The zero-order chi connectivity index (χ0) is 19.3. The van der Waals surface area contributed by atoms with E-state index in [4.69, 9.17) is 4.42 Å². The fourth-order valence-corrected chi connectivity index (χ4v) is 4.09. The molecule has 1 aromatic carbocycles. The second kappa shape index (κ2) is 8.62. The highest BCUT2D eigenvalue weighted by atomic mass is 32.2. The molecule has 0 radical (unpaired) electrons. The molecular formula is C20H27NO4S. The van der Waals surface area contributed by atoms with Crippen LogP contribution < -0.4 is 0 Å². The number of nitrogens with zero attached hydrogens (tertiary/aromatic N) is 1. The van der Waals surface area contributed by atoms with Crippen molar-refractivity contribution in [1.82, 2.24) is 4.98 Å². The Hall–Kier alpha value is -1.95. The molecule has 2 rings (SSSR count). The van der Waals surface area contributed by atoms with Crippen LogP contribution in [0.25, 0.3) is 11.5 Å². The highest BCUT2D eigenvalue weighted by molar-refractivity contribution is 7.91. The normalized spacial score (nSPS) is 11.9. The Morgan fingerprint density at radius 2 is 1.81 bits per heavy atom. The monoisotopic (exact) mass is 377 g/mol. The fraction of sp³-hybridized carbons (Fsp3) is 0.500. The number of Topliss-reactive ketones (excluding diaryl/α,β-unsaturated/α-hetero) is 1. The van der Waals surface area contributed by atoms with Crippen LogP contribution in [-0.2, 0) is 20.4 Å². The summed E-state index contributed by atoms with van der Waals surface area (Å²) in [6, 6.07) is 7.66. The molecule has 0 aliphatic heterocycles. The van der Waals surface area contributed by atoms with Crippen molar-refractivity contribution in [2.75, 3.05) is 5.75 Å². The molecule has 0 fully saturated rings. The van der Waals surface area contributed by atoms with E-state index in [9.17, 15) is 13.2 Å². The first-order valence-corrected chi connectivity index (χ1v) is 10.7. The lowest BCUT2D eigenvalue weighted by atomic mass is 10.1. The van der Waals surface area contributed by atoms with Gasteiger partial charge in [-0.15, -0.1) is 0 Å². The molecule has 6 heteroatoms. The number of rotatable bonds is 9. The van der Waals surface area contributed by atoms with Crippen LogP contribution in [0.2, 0.25) is 0 Å². The lowest BCUT2D eigenvalue weighted by Gasteiger charge is -2.05. The summed E-state index contributed by atoms with van der Waals surface area (Å²) in [5, 5.41) is 0. The summed E-state index contributed by atoms with van der Waals surface area (Å²) in [4.78, 5) is 16.3. The first kappa shape index (κ1) is 20.4. The number of hydrogen-bond donors (Lipinski definition) is 0. The average molecular weight is 378 g/mol. The van der Waals surface area contributed by atoms with E-state index in [-0.39, 0.29) is 11.5 Å². The van der Waals surface area contributed by atoms with Crippen LogP contribution in [0, 0.1) is 19.8 Å². The summed E-state index contributed by atoms with van der Waals surface area (Å²) < 4.78 is 30.3. The predicted octanol–water partition coefficient (Wildman–Crippen LogP) is 4.27. The number of carbonyl (C=O) groups is 1.